The second-order valence-corrected chi connectivity index (χ2v) is 10.3. The first-order valence-electron chi connectivity index (χ1n) is 13.5. The van der Waals surface area contributed by atoms with Gasteiger partial charge in [0, 0.05) is 38.2 Å². The maximum Gasteiger partial charge on any atom is 0.285 e. The fraction of sp³-hybridized carbons (Fsp3) is 0.469. The number of hydrogen-bond donors (Lipinski definition) is 1. The molecule has 0 aliphatic carbocycles. The molecular weight excluding hydrogens is 493 g/mol. The van der Waals surface area contributed by atoms with E-state index in [-0.39, 0.29) is 19.2 Å². The number of aliphatic imine (C=N–C) groups is 1. The summed E-state index contributed by atoms with van der Waals surface area (Å²) in [6, 6.07) is 16.1. The Bertz CT molecular complexity index is 1030. The molecule has 0 aromatic heterocycles. The van der Waals surface area contributed by atoms with E-state index >= 15 is 0 Å². The number of benzene rings is 2. The van der Waals surface area contributed by atoms with Crippen molar-refractivity contribution in [1.29, 1.82) is 0 Å². The summed E-state index contributed by atoms with van der Waals surface area (Å²) in [6.45, 7) is 21.2. The van der Waals surface area contributed by atoms with Gasteiger partial charge in [0.05, 0.1) is 6.04 Å². The van der Waals surface area contributed by atoms with Gasteiger partial charge in [-0.05, 0) is 69.7 Å². The van der Waals surface area contributed by atoms with E-state index in [0.29, 0.717) is 24.0 Å². The SMILES string of the molecule is C=CCCN(CCC)c1ccc(C[C@H]2C(C)CN=C(N[C@@H](C)c3ccccc3F)OC2(C)C)cc1.C=O.C=O.[HH]. The maximum absolute atomic E-state index is 14.2. The Hall–Kier alpha value is -3.48. The molecular formula is C32H48FN3O3. The summed E-state index contributed by atoms with van der Waals surface area (Å²) in [4.78, 5) is 23.1. The summed E-state index contributed by atoms with van der Waals surface area (Å²) in [5.74, 6) is 0.405. The molecule has 0 saturated heterocycles. The van der Waals surface area contributed by atoms with Gasteiger partial charge in [0.2, 0.25) is 0 Å². The van der Waals surface area contributed by atoms with Gasteiger partial charge in [-0.1, -0.05) is 50.3 Å². The molecule has 0 saturated carbocycles. The van der Waals surface area contributed by atoms with Gasteiger partial charge < -0.3 is 24.5 Å². The standard InChI is InChI=1S/C30H42FN3O.2CH2O.H2/c1-7-9-19-34(18-8-2)25-16-14-24(15-17-25)20-27-22(3)21-32-29(35-30(27,5)6)33-23(4)26-12-10-11-13-28(26)31;2*1-2;/h7,10-17,22-23,27H,1,8-9,18-21H2,2-6H3,(H,32,33);2*1H2;1H/t22?,23-,27-;;;/m0.../s1. The quantitative estimate of drug-likeness (QED) is 0.335. The van der Waals surface area contributed by atoms with Crippen LogP contribution < -0.4 is 10.2 Å². The van der Waals surface area contributed by atoms with Crippen molar-refractivity contribution in [3.63, 3.8) is 0 Å². The number of carbonyl (C=O) groups is 2. The van der Waals surface area contributed by atoms with E-state index in [1.807, 2.05) is 32.6 Å². The predicted molar refractivity (Wildman–Crippen MR) is 162 cm³/mol. The van der Waals surface area contributed by atoms with Crippen LogP contribution in [0.15, 0.2) is 66.2 Å². The molecule has 0 spiro atoms. The summed E-state index contributed by atoms with van der Waals surface area (Å²) in [5, 5.41) is 3.30. The zero-order valence-electron chi connectivity index (χ0n) is 24.3. The number of rotatable bonds is 10. The molecule has 1 unspecified atom stereocenters. The second kappa shape index (κ2) is 17.2. The number of halogens is 1. The van der Waals surface area contributed by atoms with Crippen LogP contribution in [0.25, 0.3) is 0 Å². The first-order valence-corrected chi connectivity index (χ1v) is 13.5. The Labute approximate surface area is 235 Å². The number of amidine groups is 1. The van der Waals surface area contributed by atoms with Gasteiger partial charge >= 0.3 is 0 Å². The molecule has 216 valence electrons. The molecule has 39 heavy (non-hydrogen) atoms. The van der Waals surface area contributed by atoms with Crippen LogP contribution in [0.2, 0.25) is 0 Å². The van der Waals surface area contributed by atoms with Crippen molar-refractivity contribution in [2.45, 2.75) is 65.5 Å². The topological polar surface area (TPSA) is 71.0 Å². The smallest absolute Gasteiger partial charge is 0.285 e. The van der Waals surface area contributed by atoms with Gasteiger partial charge in [-0.3, -0.25) is 0 Å². The maximum atomic E-state index is 14.2. The molecule has 3 rings (SSSR count). The number of ether oxygens (including phenoxy) is 1. The van der Waals surface area contributed by atoms with Crippen LogP contribution in [-0.2, 0) is 20.7 Å². The van der Waals surface area contributed by atoms with Crippen molar-refractivity contribution in [2.75, 3.05) is 24.5 Å². The number of nitrogens with one attached hydrogen (secondary N) is 1. The summed E-state index contributed by atoms with van der Waals surface area (Å²) < 4.78 is 20.7. The van der Waals surface area contributed by atoms with Crippen LogP contribution in [-0.4, -0.2) is 44.8 Å². The summed E-state index contributed by atoms with van der Waals surface area (Å²) in [6.07, 6.45) is 5.00. The Morgan fingerprint density at radius 2 is 1.79 bits per heavy atom. The first-order chi connectivity index (χ1) is 18.7. The zero-order chi connectivity index (χ0) is 29.4. The van der Waals surface area contributed by atoms with Crippen LogP contribution >= 0.6 is 0 Å². The first kappa shape index (κ1) is 33.5. The van der Waals surface area contributed by atoms with Gasteiger partial charge in [0.1, 0.15) is 25.0 Å². The van der Waals surface area contributed by atoms with E-state index in [1.165, 1.54) is 17.3 Å². The van der Waals surface area contributed by atoms with E-state index in [4.69, 9.17) is 19.3 Å². The molecule has 0 bridgehead atoms. The lowest BCUT2D eigenvalue weighted by Crippen LogP contribution is -2.43. The van der Waals surface area contributed by atoms with Crippen molar-refractivity contribution < 1.29 is 20.1 Å². The van der Waals surface area contributed by atoms with E-state index in [9.17, 15) is 4.39 Å². The summed E-state index contributed by atoms with van der Waals surface area (Å²) in [5.41, 5.74) is 2.75. The average Bonchev–Trinajstić information content (AvgIpc) is 3.04. The third kappa shape index (κ3) is 9.97. The highest BCUT2D eigenvalue weighted by Gasteiger charge is 2.39. The van der Waals surface area contributed by atoms with E-state index in [1.54, 1.807) is 12.1 Å². The normalized spacial score (nSPS) is 18.4. The van der Waals surface area contributed by atoms with Crippen LogP contribution in [0.3, 0.4) is 0 Å². The van der Waals surface area contributed by atoms with Gasteiger partial charge in [0.15, 0.2) is 0 Å². The monoisotopic (exact) mass is 541 g/mol. The van der Waals surface area contributed by atoms with Crippen molar-refractivity contribution in [2.24, 2.45) is 16.8 Å². The molecule has 0 amide bonds. The third-order valence-corrected chi connectivity index (χ3v) is 7.03. The number of carbonyl (C=O) groups excluding carboxylic acids is 2. The largest absolute Gasteiger partial charge is 0.459 e. The Morgan fingerprint density at radius 3 is 2.38 bits per heavy atom. The number of hydrogen-bond acceptors (Lipinski definition) is 6. The minimum Gasteiger partial charge on any atom is -0.459 e. The van der Waals surface area contributed by atoms with Crippen LogP contribution in [0.1, 0.15) is 66.1 Å². The van der Waals surface area contributed by atoms with Crippen molar-refractivity contribution in [1.82, 2.24) is 5.32 Å². The molecule has 3 atom stereocenters. The predicted octanol–water partition coefficient (Wildman–Crippen LogP) is 6.80. The van der Waals surface area contributed by atoms with Gasteiger partial charge in [0.25, 0.3) is 6.02 Å². The van der Waals surface area contributed by atoms with Gasteiger partial charge in [-0.15, -0.1) is 6.58 Å². The molecule has 0 fully saturated rings. The highest BCUT2D eigenvalue weighted by Crippen LogP contribution is 2.34. The van der Waals surface area contributed by atoms with Crippen LogP contribution in [0.5, 0.6) is 0 Å². The van der Waals surface area contributed by atoms with E-state index in [2.05, 4.69) is 68.8 Å². The second-order valence-electron chi connectivity index (χ2n) is 10.3. The average molecular weight is 542 g/mol. The Balaban J connectivity index is 0.00000291. The number of anilines is 1. The van der Waals surface area contributed by atoms with Gasteiger partial charge in [-0.25, -0.2) is 9.38 Å². The van der Waals surface area contributed by atoms with Crippen LogP contribution in [0, 0.1) is 17.7 Å². The van der Waals surface area contributed by atoms with E-state index < -0.39 is 5.60 Å². The van der Waals surface area contributed by atoms with Gasteiger partial charge in [-0.2, -0.15) is 0 Å². The van der Waals surface area contributed by atoms with Crippen LogP contribution in [0.4, 0.5) is 10.1 Å². The Morgan fingerprint density at radius 1 is 1.15 bits per heavy atom. The lowest BCUT2D eigenvalue weighted by molar-refractivity contribution is -0.0987. The lowest BCUT2D eigenvalue weighted by atomic mass is 9.77. The minimum absolute atomic E-state index is 0. The van der Waals surface area contributed by atoms with Crippen molar-refractivity contribution >= 4 is 25.3 Å². The zero-order valence-corrected chi connectivity index (χ0v) is 24.3. The molecule has 1 aliphatic heterocycles. The Kier molecular flexibility index (Phi) is 14.8. The molecule has 1 heterocycles. The molecule has 6 nitrogen and oxygen atoms in total. The molecule has 7 heteroatoms. The highest BCUT2D eigenvalue weighted by atomic mass is 19.1. The summed E-state index contributed by atoms with van der Waals surface area (Å²) >= 11 is 0. The van der Waals surface area contributed by atoms with E-state index in [0.717, 1.165) is 32.4 Å². The fourth-order valence-electron chi connectivity index (χ4n) is 4.99. The fourth-order valence-corrected chi connectivity index (χ4v) is 4.99. The summed E-state index contributed by atoms with van der Waals surface area (Å²) in [7, 11) is 0. The minimum atomic E-state index is -0.423. The molecule has 2 aromatic rings. The van der Waals surface area contributed by atoms with Crippen molar-refractivity contribution in [3.05, 3.63) is 78.1 Å². The number of nitrogens with zero attached hydrogens (tertiary/aromatic N) is 2. The molecule has 1 N–H and O–H groups in total. The molecule has 2 aromatic carbocycles. The lowest BCUT2D eigenvalue weighted by Gasteiger charge is -2.36. The molecule has 1 aliphatic rings. The van der Waals surface area contributed by atoms with Crippen molar-refractivity contribution in [3.8, 4) is 0 Å². The highest BCUT2D eigenvalue weighted by molar-refractivity contribution is 5.75. The third-order valence-electron chi connectivity index (χ3n) is 7.03. The molecule has 0 radical (unpaired) electrons.